The summed E-state index contributed by atoms with van der Waals surface area (Å²) in [6.07, 6.45) is 42.0. The Kier molecular flexibility index (Phi) is 44.3. The summed E-state index contributed by atoms with van der Waals surface area (Å²) >= 11 is 2.96. The fourth-order valence-corrected chi connectivity index (χ4v) is 8.73. The number of thioether (sulfide) groups is 2. The Morgan fingerprint density at radius 1 is 0.472 bits per heavy atom. The van der Waals surface area contributed by atoms with Crippen molar-refractivity contribution >= 4 is 33.9 Å². The third-order valence-corrected chi connectivity index (χ3v) is 12.5. The highest BCUT2D eigenvalue weighted by atomic mass is 32.2. The minimum Gasteiger partial charge on any atom is -0.454 e. The molecule has 0 aliphatic heterocycles. The van der Waals surface area contributed by atoms with Crippen molar-refractivity contribution in [3.05, 3.63) is 0 Å². The fraction of sp³-hybridized carbons (Fsp3) is 0.957. The zero-order valence-corrected chi connectivity index (χ0v) is 37.4. The van der Waals surface area contributed by atoms with Crippen LogP contribution in [0.1, 0.15) is 239 Å². The van der Waals surface area contributed by atoms with Gasteiger partial charge in [-0.1, -0.05) is 187 Å². The number of aliphatic hydroxyl groups is 1. The van der Waals surface area contributed by atoms with Crippen LogP contribution in [0.15, 0.2) is 0 Å². The van der Waals surface area contributed by atoms with Gasteiger partial charge in [0.1, 0.15) is 6.10 Å². The van der Waals surface area contributed by atoms with E-state index in [2.05, 4.69) is 25.7 Å². The SMILES string of the molecule is CCCCCCCCCCCC(CCCCCC)OC(=O)SCCCCCCCCN(CCO)CCCCCCCCSC(=O)CCCCCCCC. The molecule has 0 aliphatic carbocycles. The monoisotopic (exact) mass is 786 g/mol. The van der Waals surface area contributed by atoms with E-state index in [0.717, 1.165) is 69.7 Å². The standard InChI is InChI=1S/C46H91NO4S2/c1-4-7-10-13-15-16-17-22-29-36-44(35-28-12-9-6-3)51-46(50)53-43-34-27-21-19-25-32-39-47(40-41-48)38-31-24-18-20-26-33-42-52-45(49)37-30-23-14-11-8-5-2/h44,48H,4-43H2,1-3H3. The Bertz CT molecular complexity index is 755. The number of nitrogens with zero attached hydrogens (tertiary/aromatic N) is 1. The molecule has 0 radical (unpaired) electrons. The molecule has 0 rings (SSSR count). The van der Waals surface area contributed by atoms with Crippen LogP contribution in [0.25, 0.3) is 0 Å². The van der Waals surface area contributed by atoms with Gasteiger partial charge in [-0.3, -0.25) is 4.79 Å². The lowest BCUT2D eigenvalue weighted by Gasteiger charge is -2.21. The molecular weight excluding hydrogens is 695 g/mol. The van der Waals surface area contributed by atoms with Gasteiger partial charge in [0.25, 0.3) is 0 Å². The molecule has 0 aromatic carbocycles. The maximum Gasteiger partial charge on any atom is 0.367 e. The molecule has 1 N–H and O–H groups in total. The summed E-state index contributed by atoms with van der Waals surface area (Å²) in [6, 6.07) is 0. The van der Waals surface area contributed by atoms with Crippen LogP contribution >= 0.6 is 23.5 Å². The molecule has 0 amide bonds. The minimum atomic E-state index is -0.0495. The number of carbonyl (C=O) groups excluding carboxylic acids is 2. The Balaban J connectivity index is 3.84. The lowest BCUT2D eigenvalue weighted by Crippen LogP contribution is -2.29. The summed E-state index contributed by atoms with van der Waals surface area (Å²) in [6.45, 7) is 9.98. The normalized spacial score (nSPS) is 12.2. The molecule has 0 fully saturated rings. The van der Waals surface area contributed by atoms with Gasteiger partial charge in [0.2, 0.25) is 0 Å². The van der Waals surface area contributed by atoms with Crippen molar-refractivity contribution in [2.45, 2.75) is 245 Å². The number of aliphatic hydroxyl groups excluding tert-OH is 1. The maximum absolute atomic E-state index is 12.6. The van der Waals surface area contributed by atoms with Crippen LogP contribution in [0.5, 0.6) is 0 Å². The van der Waals surface area contributed by atoms with E-state index in [0.29, 0.717) is 5.12 Å². The van der Waals surface area contributed by atoms with Crippen molar-refractivity contribution in [2.75, 3.05) is 37.7 Å². The van der Waals surface area contributed by atoms with Crippen LogP contribution in [-0.4, -0.2) is 64.3 Å². The number of unbranched alkanes of at least 4 members (excludes halogenated alkanes) is 26. The molecule has 0 saturated heterocycles. The Morgan fingerprint density at radius 2 is 0.849 bits per heavy atom. The van der Waals surface area contributed by atoms with E-state index in [1.165, 1.54) is 192 Å². The van der Waals surface area contributed by atoms with Crippen LogP contribution in [0.4, 0.5) is 4.79 Å². The molecule has 5 nitrogen and oxygen atoms in total. The summed E-state index contributed by atoms with van der Waals surface area (Å²) < 4.78 is 5.98. The first-order valence-electron chi connectivity index (χ1n) is 23.4. The lowest BCUT2D eigenvalue weighted by molar-refractivity contribution is -0.111. The first kappa shape index (κ1) is 52.8. The minimum absolute atomic E-state index is 0.0495. The second-order valence-corrected chi connectivity index (χ2v) is 18.0. The molecular formula is C46H91NO4S2. The highest BCUT2D eigenvalue weighted by Gasteiger charge is 2.15. The highest BCUT2D eigenvalue weighted by molar-refractivity contribution is 8.13. The highest BCUT2D eigenvalue weighted by Crippen LogP contribution is 2.21. The molecule has 0 aromatic heterocycles. The van der Waals surface area contributed by atoms with Gasteiger partial charge in [-0.25, -0.2) is 4.79 Å². The number of hydrogen-bond acceptors (Lipinski definition) is 7. The number of carbonyl (C=O) groups is 2. The third-order valence-electron chi connectivity index (χ3n) is 10.6. The van der Waals surface area contributed by atoms with Crippen molar-refractivity contribution in [3.8, 4) is 0 Å². The first-order valence-corrected chi connectivity index (χ1v) is 25.4. The summed E-state index contributed by atoms with van der Waals surface area (Å²) in [7, 11) is 0. The van der Waals surface area contributed by atoms with E-state index in [1.54, 1.807) is 11.8 Å². The molecule has 316 valence electrons. The summed E-state index contributed by atoms with van der Waals surface area (Å²) in [4.78, 5) is 27.1. The van der Waals surface area contributed by atoms with Crippen LogP contribution in [0.2, 0.25) is 0 Å². The Hall–Kier alpha value is -0.240. The van der Waals surface area contributed by atoms with Crippen LogP contribution in [0.3, 0.4) is 0 Å². The molecule has 0 aliphatic rings. The van der Waals surface area contributed by atoms with E-state index < -0.39 is 0 Å². The second-order valence-electron chi connectivity index (χ2n) is 15.9. The van der Waals surface area contributed by atoms with Gasteiger partial charge in [-0.2, -0.15) is 0 Å². The fourth-order valence-electron chi connectivity index (χ4n) is 7.14. The maximum atomic E-state index is 12.6. The average molecular weight is 786 g/mol. The van der Waals surface area contributed by atoms with Crippen molar-refractivity contribution in [3.63, 3.8) is 0 Å². The molecule has 1 atom stereocenters. The van der Waals surface area contributed by atoms with Gasteiger partial charge in [0.05, 0.1) is 6.61 Å². The quantitative estimate of drug-likeness (QED) is 0.0488. The predicted octanol–water partition coefficient (Wildman–Crippen LogP) is 15.1. The molecule has 0 spiro atoms. The van der Waals surface area contributed by atoms with Crippen LogP contribution in [0, 0.1) is 0 Å². The van der Waals surface area contributed by atoms with Crippen molar-refractivity contribution in [1.82, 2.24) is 4.90 Å². The molecule has 7 heteroatoms. The topological polar surface area (TPSA) is 66.8 Å². The van der Waals surface area contributed by atoms with Gasteiger partial charge in [0.15, 0.2) is 5.12 Å². The molecule has 53 heavy (non-hydrogen) atoms. The van der Waals surface area contributed by atoms with E-state index in [-0.39, 0.29) is 18.0 Å². The van der Waals surface area contributed by atoms with Gasteiger partial charge in [0, 0.05) is 24.5 Å². The van der Waals surface area contributed by atoms with E-state index in [9.17, 15) is 14.7 Å². The summed E-state index contributed by atoms with van der Waals surface area (Å²) in [5.41, 5.74) is 0. The second kappa shape index (κ2) is 44.5. The molecule has 0 heterocycles. The molecule has 0 aromatic rings. The number of ether oxygens (including phenoxy) is 1. The number of hydrogen-bond donors (Lipinski definition) is 1. The Morgan fingerprint density at radius 3 is 1.32 bits per heavy atom. The zero-order chi connectivity index (χ0) is 38.7. The largest absolute Gasteiger partial charge is 0.454 e. The zero-order valence-electron chi connectivity index (χ0n) is 35.8. The third kappa shape index (κ3) is 41.2. The van der Waals surface area contributed by atoms with Gasteiger partial charge < -0.3 is 14.7 Å². The van der Waals surface area contributed by atoms with E-state index in [4.69, 9.17) is 4.74 Å². The van der Waals surface area contributed by atoms with E-state index >= 15 is 0 Å². The van der Waals surface area contributed by atoms with Gasteiger partial charge in [-0.15, -0.1) is 0 Å². The van der Waals surface area contributed by atoms with Crippen LogP contribution in [-0.2, 0) is 9.53 Å². The number of rotatable bonds is 43. The summed E-state index contributed by atoms with van der Waals surface area (Å²) in [5, 5.41) is 9.90. The van der Waals surface area contributed by atoms with Crippen molar-refractivity contribution in [1.29, 1.82) is 0 Å². The lowest BCUT2D eigenvalue weighted by atomic mass is 10.0. The summed E-state index contributed by atoms with van der Waals surface area (Å²) in [5.74, 6) is 1.87. The van der Waals surface area contributed by atoms with Gasteiger partial charge in [-0.05, 0) is 82.6 Å². The average Bonchev–Trinajstić information content (AvgIpc) is 3.15. The van der Waals surface area contributed by atoms with Crippen LogP contribution < -0.4 is 0 Å². The predicted molar refractivity (Wildman–Crippen MR) is 238 cm³/mol. The van der Waals surface area contributed by atoms with Crippen molar-refractivity contribution in [2.24, 2.45) is 0 Å². The molecule has 0 bridgehead atoms. The van der Waals surface area contributed by atoms with Crippen molar-refractivity contribution < 1.29 is 19.4 Å². The Labute approximate surface area is 339 Å². The van der Waals surface area contributed by atoms with E-state index in [1.807, 2.05) is 0 Å². The van der Waals surface area contributed by atoms with Gasteiger partial charge >= 0.3 is 5.30 Å². The molecule has 0 saturated carbocycles. The first-order chi connectivity index (χ1) is 26.1. The molecule has 1 unspecified atom stereocenters. The smallest absolute Gasteiger partial charge is 0.367 e.